The van der Waals surface area contributed by atoms with E-state index in [1.807, 2.05) is 12.1 Å². The summed E-state index contributed by atoms with van der Waals surface area (Å²) in [5, 5.41) is 9.31. The van der Waals surface area contributed by atoms with Crippen molar-refractivity contribution in [3.63, 3.8) is 0 Å². The average Bonchev–Trinajstić information content (AvgIpc) is 3.09. The summed E-state index contributed by atoms with van der Waals surface area (Å²) in [4.78, 5) is 24.6. The van der Waals surface area contributed by atoms with E-state index in [0.717, 1.165) is 62.3 Å². The number of halogens is 2. The van der Waals surface area contributed by atoms with Crippen molar-refractivity contribution in [2.45, 2.75) is 51.4 Å². The number of hydrogen-bond acceptors (Lipinski definition) is 2. The van der Waals surface area contributed by atoms with Gasteiger partial charge in [0.1, 0.15) is 11.6 Å². The van der Waals surface area contributed by atoms with Crippen LogP contribution >= 0.6 is 0 Å². The summed E-state index contributed by atoms with van der Waals surface area (Å²) >= 11 is 0. The number of carboxylic acid groups (broad SMARTS) is 1. The summed E-state index contributed by atoms with van der Waals surface area (Å²) in [5.74, 6) is -1.42. The van der Waals surface area contributed by atoms with Crippen LogP contribution in [0, 0.1) is 34.8 Å². The Morgan fingerprint density at radius 3 is 2.42 bits per heavy atom. The highest BCUT2D eigenvalue weighted by atomic mass is 19.1. The topological polar surface area (TPSA) is 54.4 Å². The highest BCUT2D eigenvalue weighted by molar-refractivity contribution is 5.98. The standard InChI is InChI=1S/C26H26F2O3/c1-26-9-8-20-19-4-3-15(25(30)31)10-14(19)2-5-21(20)22(26)6-7-23(26)24(29)16-11-17(27)13-18(28)12-16/h3-4,10-13,20-23H,2,5-9H2,1H3,(H,30,31)/t20-,21-,22+,23-,26+/m1/s1. The number of fused-ring (bicyclic) bond motifs is 5. The van der Waals surface area contributed by atoms with Crippen LogP contribution in [0.4, 0.5) is 8.78 Å². The van der Waals surface area contributed by atoms with E-state index in [0.29, 0.717) is 23.3 Å². The van der Waals surface area contributed by atoms with Crippen molar-refractivity contribution >= 4 is 11.8 Å². The number of aromatic carboxylic acids is 1. The molecule has 0 spiro atoms. The Morgan fingerprint density at radius 1 is 0.968 bits per heavy atom. The fourth-order valence-corrected chi connectivity index (χ4v) is 7.04. The molecule has 31 heavy (non-hydrogen) atoms. The van der Waals surface area contributed by atoms with E-state index in [1.54, 1.807) is 6.07 Å². The predicted molar refractivity (Wildman–Crippen MR) is 112 cm³/mol. The van der Waals surface area contributed by atoms with E-state index >= 15 is 0 Å². The van der Waals surface area contributed by atoms with Gasteiger partial charge in [-0.05, 0) is 97.1 Å². The molecule has 0 aliphatic heterocycles. The zero-order valence-electron chi connectivity index (χ0n) is 17.5. The van der Waals surface area contributed by atoms with Gasteiger partial charge in [-0.3, -0.25) is 4.79 Å². The molecule has 0 amide bonds. The first-order chi connectivity index (χ1) is 14.8. The lowest BCUT2D eigenvalue weighted by Crippen LogP contribution is -2.44. The Labute approximate surface area is 180 Å². The molecule has 5 atom stereocenters. The number of carbonyl (C=O) groups is 2. The Bertz CT molecular complexity index is 1060. The predicted octanol–water partition coefficient (Wildman–Crippen LogP) is 6.02. The van der Waals surface area contributed by atoms with Gasteiger partial charge >= 0.3 is 5.97 Å². The lowest BCUT2D eigenvalue weighted by atomic mass is 9.53. The number of carboxylic acids is 1. The Morgan fingerprint density at radius 2 is 1.71 bits per heavy atom. The molecular weight excluding hydrogens is 398 g/mol. The van der Waals surface area contributed by atoms with Crippen molar-refractivity contribution < 1.29 is 23.5 Å². The third-order valence-corrected chi connectivity index (χ3v) is 8.44. The molecule has 5 rings (SSSR count). The lowest BCUT2D eigenvalue weighted by molar-refractivity contribution is 0.0276. The highest BCUT2D eigenvalue weighted by Crippen LogP contribution is 2.63. The van der Waals surface area contributed by atoms with Crippen LogP contribution < -0.4 is 0 Å². The van der Waals surface area contributed by atoms with Gasteiger partial charge in [0.25, 0.3) is 0 Å². The minimum absolute atomic E-state index is 0.135. The van der Waals surface area contributed by atoms with E-state index in [2.05, 4.69) is 6.92 Å². The minimum atomic E-state index is -0.896. The zero-order chi connectivity index (χ0) is 21.9. The Balaban J connectivity index is 1.43. The monoisotopic (exact) mass is 424 g/mol. The van der Waals surface area contributed by atoms with Crippen LogP contribution in [0.1, 0.15) is 76.8 Å². The van der Waals surface area contributed by atoms with Gasteiger partial charge in [-0.25, -0.2) is 13.6 Å². The van der Waals surface area contributed by atoms with Crippen LogP contribution in [0.2, 0.25) is 0 Å². The third kappa shape index (κ3) is 3.20. The first-order valence-electron chi connectivity index (χ1n) is 11.1. The van der Waals surface area contributed by atoms with Crippen molar-refractivity contribution in [3.8, 4) is 0 Å². The number of carbonyl (C=O) groups excluding carboxylic acids is 1. The molecule has 3 nitrogen and oxygen atoms in total. The number of aryl methyl sites for hydroxylation is 1. The van der Waals surface area contributed by atoms with Gasteiger partial charge in [0.05, 0.1) is 5.56 Å². The average molecular weight is 424 g/mol. The Hall–Kier alpha value is -2.56. The largest absolute Gasteiger partial charge is 0.478 e. The fourth-order valence-electron chi connectivity index (χ4n) is 7.04. The molecule has 2 aromatic rings. The third-order valence-electron chi connectivity index (χ3n) is 8.44. The quantitative estimate of drug-likeness (QED) is 0.613. The van der Waals surface area contributed by atoms with E-state index in [4.69, 9.17) is 0 Å². The van der Waals surface area contributed by atoms with Gasteiger partial charge < -0.3 is 5.11 Å². The molecule has 0 heterocycles. The molecule has 0 bridgehead atoms. The minimum Gasteiger partial charge on any atom is -0.478 e. The number of Topliss-reactive ketones (excluding diaryl/α,β-unsaturated/α-hetero) is 1. The highest BCUT2D eigenvalue weighted by Gasteiger charge is 2.56. The van der Waals surface area contributed by atoms with E-state index in [1.165, 1.54) is 5.56 Å². The molecule has 5 heteroatoms. The van der Waals surface area contributed by atoms with Gasteiger partial charge in [0, 0.05) is 17.5 Å². The van der Waals surface area contributed by atoms with Crippen molar-refractivity contribution in [3.05, 3.63) is 70.3 Å². The molecule has 3 aliphatic rings. The van der Waals surface area contributed by atoms with Crippen molar-refractivity contribution in [1.82, 2.24) is 0 Å². The second-order valence-corrected chi connectivity index (χ2v) is 9.83. The first kappa shape index (κ1) is 20.3. The van der Waals surface area contributed by atoms with Crippen LogP contribution in [0.15, 0.2) is 36.4 Å². The maximum Gasteiger partial charge on any atom is 0.335 e. The van der Waals surface area contributed by atoms with E-state index < -0.39 is 17.6 Å². The lowest BCUT2D eigenvalue weighted by Gasteiger charge is -2.50. The number of hydrogen-bond donors (Lipinski definition) is 1. The van der Waals surface area contributed by atoms with Crippen LogP contribution in [0.3, 0.4) is 0 Å². The molecule has 2 fully saturated rings. The number of rotatable bonds is 3. The molecule has 0 saturated heterocycles. The van der Waals surface area contributed by atoms with E-state index in [9.17, 15) is 23.5 Å². The van der Waals surface area contributed by atoms with Gasteiger partial charge in [0.15, 0.2) is 5.78 Å². The molecule has 0 radical (unpaired) electrons. The second kappa shape index (κ2) is 7.25. The van der Waals surface area contributed by atoms with E-state index in [-0.39, 0.29) is 22.7 Å². The van der Waals surface area contributed by atoms with Crippen molar-refractivity contribution in [2.24, 2.45) is 23.2 Å². The summed E-state index contributed by atoms with van der Waals surface area (Å²) in [5.41, 5.74) is 2.73. The maximum absolute atomic E-state index is 13.7. The first-order valence-corrected chi connectivity index (χ1v) is 11.1. The number of benzene rings is 2. The SMILES string of the molecule is C[C@]12CC[C@@H]3c4ccc(C(=O)O)cc4CC[C@H]3[C@@H]1CC[C@@H]2C(=O)c1cc(F)cc(F)c1. The van der Waals surface area contributed by atoms with Gasteiger partial charge in [-0.2, -0.15) is 0 Å². The van der Waals surface area contributed by atoms with Gasteiger partial charge in [-0.1, -0.05) is 13.0 Å². The van der Waals surface area contributed by atoms with Gasteiger partial charge in [0.2, 0.25) is 0 Å². The van der Waals surface area contributed by atoms with Crippen molar-refractivity contribution in [2.75, 3.05) is 0 Å². The summed E-state index contributed by atoms with van der Waals surface area (Å²) in [7, 11) is 0. The molecule has 162 valence electrons. The molecule has 3 aliphatic carbocycles. The fraction of sp³-hybridized carbons (Fsp3) is 0.462. The second-order valence-electron chi connectivity index (χ2n) is 9.83. The van der Waals surface area contributed by atoms with Crippen LogP contribution in [-0.2, 0) is 6.42 Å². The van der Waals surface area contributed by atoms with Crippen LogP contribution in [0.5, 0.6) is 0 Å². The zero-order valence-corrected chi connectivity index (χ0v) is 17.5. The maximum atomic E-state index is 13.7. The van der Waals surface area contributed by atoms with Crippen LogP contribution in [0.25, 0.3) is 0 Å². The molecule has 0 unspecified atom stereocenters. The molecule has 0 aromatic heterocycles. The summed E-state index contributed by atoms with van der Waals surface area (Å²) in [6.07, 6.45) is 5.42. The normalized spacial score (nSPS) is 31.5. The molecule has 2 saturated carbocycles. The summed E-state index contributed by atoms with van der Waals surface area (Å²) < 4.78 is 27.4. The Kier molecular flexibility index (Phi) is 4.76. The molecule has 1 N–H and O–H groups in total. The smallest absolute Gasteiger partial charge is 0.335 e. The van der Waals surface area contributed by atoms with Crippen molar-refractivity contribution in [1.29, 1.82) is 0 Å². The summed E-state index contributed by atoms with van der Waals surface area (Å²) in [6.45, 7) is 2.20. The van der Waals surface area contributed by atoms with Gasteiger partial charge in [-0.15, -0.1) is 0 Å². The summed E-state index contributed by atoms with van der Waals surface area (Å²) in [6, 6.07) is 8.63. The van der Waals surface area contributed by atoms with Crippen LogP contribution in [-0.4, -0.2) is 16.9 Å². The molecule has 2 aromatic carbocycles. The number of ketones is 1. The molecular formula is C26H26F2O3.